The number of nitrogens with zero attached hydrogens (tertiary/aromatic N) is 2. The SMILES string of the molecule is CC1(Cl)C=C(C(F)(F)F)N=N1. The van der Waals surface area contributed by atoms with Crippen molar-refractivity contribution in [2.45, 2.75) is 18.1 Å². The van der Waals surface area contributed by atoms with Crippen LogP contribution in [0.25, 0.3) is 0 Å². The molecule has 0 aromatic heterocycles. The lowest BCUT2D eigenvalue weighted by atomic mass is 10.3. The fourth-order valence-corrected chi connectivity index (χ4v) is 0.739. The number of halogens is 4. The Kier molecular flexibility index (Phi) is 1.70. The highest BCUT2D eigenvalue weighted by atomic mass is 35.5. The van der Waals surface area contributed by atoms with Gasteiger partial charge in [-0.3, -0.25) is 0 Å². The van der Waals surface area contributed by atoms with Gasteiger partial charge in [-0.15, -0.1) is 5.11 Å². The van der Waals surface area contributed by atoms with Crippen molar-refractivity contribution in [1.82, 2.24) is 0 Å². The number of allylic oxidation sites excluding steroid dienone is 1. The van der Waals surface area contributed by atoms with E-state index in [0.717, 1.165) is 6.08 Å². The van der Waals surface area contributed by atoms with Gasteiger partial charge in [0.1, 0.15) is 0 Å². The Morgan fingerprint density at radius 1 is 1.55 bits per heavy atom. The first-order chi connectivity index (χ1) is 4.81. The molecular formula is C5H4ClF3N2. The molecule has 0 amide bonds. The lowest BCUT2D eigenvalue weighted by Crippen LogP contribution is -2.10. The highest BCUT2D eigenvalue weighted by Gasteiger charge is 2.40. The third kappa shape index (κ3) is 1.92. The van der Waals surface area contributed by atoms with Gasteiger partial charge in [-0.2, -0.15) is 18.3 Å². The molecule has 1 aliphatic heterocycles. The molecule has 62 valence electrons. The number of azo groups is 1. The van der Waals surface area contributed by atoms with Crippen molar-refractivity contribution in [2.24, 2.45) is 10.2 Å². The van der Waals surface area contributed by atoms with Crippen LogP contribution in [0, 0.1) is 0 Å². The van der Waals surface area contributed by atoms with E-state index in [-0.39, 0.29) is 0 Å². The molecule has 0 spiro atoms. The van der Waals surface area contributed by atoms with Crippen molar-refractivity contribution in [2.75, 3.05) is 0 Å². The highest BCUT2D eigenvalue weighted by molar-refractivity contribution is 6.24. The Morgan fingerprint density at radius 3 is 2.27 bits per heavy atom. The quantitative estimate of drug-likeness (QED) is 0.409. The van der Waals surface area contributed by atoms with Crippen LogP contribution in [0.15, 0.2) is 22.0 Å². The van der Waals surface area contributed by atoms with E-state index in [1.165, 1.54) is 6.92 Å². The molecule has 2 nitrogen and oxygen atoms in total. The molecule has 0 aromatic rings. The third-order valence-corrected chi connectivity index (χ3v) is 1.23. The largest absolute Gasteiger partial charge is 0.434 e. The number of hydrogen-bond donors (Lipinski definition) is 0. The number of hydrogen-bond acceptors (Lipinski definition) is 2. The van der Waals surface area contributed by atoms with Crippen molar-refractivity contribution in [3.05, 3.63) is 11.8 Å². The predicted octanol–water partition coefficient (Wildman–Crippen LogP) is 2.85. The fourth-order valence-electron chi connectivity index (χ4n) is 0.597. The molecule has 0 aliphatic carbocycles. The molecule has 6 heteroatoms. The molecule has 0 aromatic carbocycles. The van der Waals surface area contributed by atoms with E-state index in [0.29, 0.717) is 0 Å². The maximum Gasteiger partial charge on any atom is 0.434 e. The van der Waals surface area contributed by atoms with Crippen molar-refractivity contribution < 1.29 is 13.2 Å². The molecule has 0 bridgehead atoms. The monoisotopic (exact) mass is 184 g/mol. The van der Waals surface area contributed by atoms with E-state index in [4.69, 9.17) is 11.6 Å². The minimum atomic E-state index is -4.45. The Bertz CT molecular complexity index is 228. The summed E-state index contributed by atoms with van der Waals surface area (Å²) in [5, 5.41) is 6.08. The predicted molar refractivity (Wildman–Crippen MR) is 33.3 cm³/mol. The second kappa shape index (κ2) is 2.20. The Morgan fingerprint density at radius 2 is 2.09 bits per heavy atom. The van der Waals surface area contributed by atoms with E-state index in [2.05, 4.69) is 10.2 Å². The highest BCUT2D eigenvalue weighted by Crippen LogP contribution is 2.36. The fraction of sp³-hybridized carbons (Fsp3) is 0.600. The van der Waals surface area contributed by atoms with Gasteiger partial charge in [-0.05, 0) is 13.0 Å². The molecule has 1 atom stereocenters. The first-order valence-corrected chi connectivity index (χ1v) is 3.11. The molecular weight excluding hydrogens is 181 g/mol. The van der Waals surface area contributed by atoms with Crippen LogP contribution in [-0.4, -0.2) is 11.2 Å². The summed E-state index contributed by atoms with van der Waals surface area (Å²) in [6.07, 6.45) is -3.68. The standard InChI is InChI=1S/C5H4ClF3N2/c1-4(6)2-3(10-11-4)5(7,8)9/h2H,1H3. The van der Waals surface area contributed by atoms with E-state index in [9.17, 15) is 13.2 Å². The van der Waals surface area contributed by atoms with Gasteiger partial charge in [-0.25, -0.2) is 0 Å². The Labute approximate surface area is 65.8 Å². The molecule has 0 saturated heterocycles. The Balaban J connectivity index is 2.89. The van der Waals surface area contributed by atoms with Gasteiger partial charge in [0, 0.05) is 0 Å². The van der Waals surface area contributed by atoms with E-state index >= 15 is 0 Å². The summed E-state index contributed by atoms with van der Waals surface area (Å²) in [7, 11) is 0. The summed E-state index contributed by atoms with van der Waals surface area (Å²) in [6, 6.07) is 0. The van der Waals surface area contributed by atoms with E-state index < -0.39 is 16.9 Å². The van der Waals surface area contributed by atoms with Crippen molar-refractivity contribution in [1.29, 1.82) is 0 Å². The average molecular weight is 185 g/mol. The number of rotatable bonds is 0. The Hall–Kier alpha value is -0.580. The van der Waals surface area contributed by atoms with E-state index in [1.54, 1.807) is 0 Å². The first kappa shape index (κ1) is 8.52. The molecule has 0 saturated carbocycles. The maximum atomic E-state index is 11.8. The van der Waals surface area contributed by atoms with Crippen molar-refractivity contribution in [3.8, 4) is 0 Å². The third-order valence-electron chi connectivity index (χ3n) is 1.04. The summed E-state index contributed by atoms with van der Waals surface area (Å²) in [5.41, 5.74) is -1.03. The van der Waals surface area contributed by atoms with Crippen LogP contribution in [0.4, 0.5) is 13.2 Å². The van der Waals surface area contributed by atoms with Gasteiger partial charge in [0.25, 0.3) is 0 Å². The minimum Gasteiger partial charge on any atom is -0.164 e. The second-order valence-corrected chi connectivity index (χ2v) is 3.02. The van der Waals surface area contributed by atoms with Crippen LogP contribution < -0.4 is 0 Å². The maximum absolute atomic E-state index is 11.8. The van der Waals surface area contributed by atoms with E-state index in [1.807, 2.05) is 0 Å². The zero-order chi connectivity index (χ0) is 8.70. The van der Waals surface area contributed by atoms with Crippen LogP contribution in [0.2, 0.25) is 0 Å². The number of alkyl halides is 4. The van der Waals surface area contributed by atoms with Gasteiger partial charge in [-0.1, -0.05) is 11.6 Å². The zero-order valence-corrected chi connectivity index (χ0v) is 6.24. The zero-order valence-electron chi connectivity index (χ0n) is 5.48. The molecule has 0 radical (unpaired) electrons. The van der Waals surface area contributed by atoms with Crippen LogP contribution in [-0.2, 0) is 0 Å². The topological polar surface area (TPSA) is 24.7 Å². The van der Waals surface area contributed by atoms with Crippen LogP contribution in [0.1, 0.15) is 6.92 Å². The van der Waals surface area contributed by atoms with Crippen LogP contribution in [0.5, 0.6) is 0 Å². The summed E-state index contributed by atoms with van der Waals surface area (Å²) in [4.78, 5) is -1.33. The van der Waals surface area contributed by atoms with Gasteiger partial charge >= 0.3 is 6.18 Å². The molecule has 11 heavy (non-hydrogen) atoms. The lowest BCUT2D eigenvalue weighted by molar-refractivity contribution is -0.0925. The van der Waals surface area contributed by atoms with Crippen molar-refractivity contribution >= 4 is 11.6 Å². The van der Waals surface area contributed by atoms with Gasteiger partial charge in [0.15, 0.2) is 10.7 Å². The van der Waals surface area contributed by atoms with Crippen LogP contribution >= 0.6 is 11.6 Å². The molecule has 1 unspecified atom stereocenters. The van der Waals surface area contributed by atoms with Gasteiger partial charge in [0.05, 0.1) is 0 Å². The lowest BCUT2D eigenvalue weighted by Gasteiger charge is -2.03. The van der Waals surface area contributed by atoms with Gasteiger partial charge < -0.3 is 0 Å². The smallest absolute Gasteiger partial charge is 0.164 e. The molecule has 1 heterocycles. The van der Waals surface area contributed by atoms with Crippen molar-refractivity contribution in [3.63, 3.8) is 0 Å². The van der Waals surface area contributed by atoms with Gasteiger partial charge in [0.2, 0.25) is 0 Å². The molecule has 1 rings (SSSR count). The minimum absolute atomic E-state index is 0.772. The summed E-state index contributed by atoms with van der Waals surface area (Å²) in [5.74, 6) is 0. The normalized spacial score (nSPS) is 30.8. The summed E-state index contributed by atoms with van der Waals surface area (Å²) >= 11 is 5.43. The second-order valence-electron chi connectivity index (χ2n) is 2.25. The summed E-state index contributed by atoms with van der Waals surface area (Å²) in [6.45, 7) is 1.33. The molecule has 1 aliphatic rings. The average Bonchev–Trinajstić information content (AvgIpc) is 2.07. The molecule has 0 fully saturated rings. The summed E-state index contributed by atoms with van der Waals surface area (Å²) < 4.78 is 35.5. The molecule has 0 N–H and O–H groups in total. The van der Waals surface area contributed by atoms with Crippen LogP contribution in [0.3, 0.4) is 0 Å². The first-order valence-electron chi connectivity index (χ1n) is 2.73.